The SMILES string of the molecule is CC(=O)NCCc1c[nH]c2c(OC3OC(C)C(O)C(O)C3O)cccc12. The summed E-state index contributed by atoms with van der Waals surface area (Å²) in [6, 6.07) is 5.48. The first-order valence-electron chi connectivity index (χ1n) is 8.58. The number of carbonyl (C=O) groups excluding carboxylic acids is 1. The number of carbonyl (C=O) groups is 1. The molecule has 0 radical (unpaired) electrons. The van der Waals surface area contributed by atoms with Crippen molar-refractivity contribution < 1.29 is 29.6 Å². The fourth-order valence-corrected chi connectivity index (χ4v) is 3.10. The van der Waals surface area contributed by atoms with Gasteiger partial charge in [0, 0.05) is 25.1 Å². The highest BCUT2D eigenvalue weighted by atomic mass is 16.7. The van der Waals surface area contributed by atoms with Gasteiger partial charge in [-0.15, -0.1) is 0 Å². The molecule has 142 valence electrons. The molecule has 5 unspecified atom stereocenters. The number of aromatic nitrogens is 1. The molecule has 0 bridgehead atoms. The minimum absolute atomic E-state index is 0.0767. The molecule has 0 saturated carbocycles. The minimum atomic E-state index is -1.37. The largest absolute Gasteiger partial charge is 0.460 e. The number of H-pyrrole nitrogens is 1. The van der Waals surface area contributed by atoms with Crippen molar-refractivity contribution in [2.75, 3.05) is 6.54 Å². The molecule has 1 aromatic heterocycles. The van der Waals surface area contributed by atoms with E-state index in [4.69, 9.17) is 9.47 Å². The molecule has 2 heterocycles. The number of ether oxygens (including phenoxy) is 2. The third-order valence-electron chi connectivity index (χ3n) is 4.58. The highest BCUT2D eigenvalue weighted by Gasteiger charge is 2.43. The lowest BCUT2D eigenvalue weighted by molar-refractivity contribution is -0.267. The third-order valence-corrected chi connectivity index (χ3v) is 4.58. The molecule has 1 fully saturated rings. The molecule has 2 aromatic rings. The van der Waals surface area contributed by atoms with Crippen molar-refractivity contribution in [2.45, 2.75) is 51.0 Å². The summed E-state index contributed by atoms with van der Waals surface area (Å²) in [6.07, 6.45) is -3.15. The van der Waals surface area contributed by atoms with Crippen LogP contribution in [0.5, 0.6) is 5.75 Å². The lowest BCUT2D eigenvalue weighted by Gasteiger charge is -2.38. The van der Waals surface area contributed by atoms with E-state index >= 15 is 0 Å². The van der Waals surface area contributed by atoms with Gasteiger partial charge < -0.3 is 35.1 Å². The molecule has 1 aromatic carbocycles. The first-order chi connectivity index (χ1) is 12.4. The topological polar surface area (TPSA) is 124 Å². The summed E-state index contributed by atoms with van der Waals surface area (Å²) in [6.45, 7) is 3.61. The number of aliphatic hydroxyl groups is 3. The van der Waals surface area contributed by atoms with Gasteiger partial charge in [-0.2, -0.15) is 0 Å². The maximum absolute atomic E-state index is 11.0. The van der Waals surface area contributed by atoms with E-state index in [0.717, 1.165) is 16.5 Å². The standard InChI is InChI=1S/C18H24N2O6/c1-9-15(22)16(23)17(24)18(25-9)26-13-5-3-4-12-11(8-20-14(12)13)6-7-19-10(2)21/h3-5,8-9,15-18,20,22-24H,6-7H2,1-2H3,(H,19,21). The number of rotatable bonds is 5. The van der Waals surface area contributed by atoms with Crippen molar-refractivity contribution in [1.82, 2.24) is 10.3 Å². The number of hydrogen-bond donors (Lipinski definition) is 5. The van der Waals surface area contributed by atoms with Gasteiger partial charge in [0.25, 0.3) is 0 Å². The van der Waals surface area contributed by atoms with Gasteiger partial charge in [0.05, 0.1) is 11.6 Å². The Morgan fingerprint density at radius 3 is 2.77 bits per heavy atom. The van der Waals surface area contributed by atoms with Gasteiger partial charge in [0.15, 0.2) is 0 Å². The number of fused-ring (bicyclic) bond motifs is 1. The van der Waals surface area contributed by atoms with Gasteiger partial charge in [-0.05, 0) is 25.0 Å². The van der Waals surface area contributed by atoms with Crippen LogP contribution in [0.25, 0.3) is 10.9 Å². The second-order valence-corrected chi connectivity index (χ2v) is 6.52. The van der Waals surface area contributed by atoms with Crippen LogP contribution in [-0.2, 0) is 16.0 Å². The molecule has 5 N–H and O–H groups in total. The second kappa shape index (κ2) is 7.63. The van der Waals surface area contributed by atoms with Gasteiger partial charge in [0.2, 0.25) is 12.2 Å². The second-order valence-electron chi connectivity index (χ2n) is 6.52. The van der Waals surface area contributed by atoms with Gasteiger partial charge in [-0.1, -0.05) is 12.1 Å². The summed E-state index contributed by atoms with van der Waals surface area (Å²) >= 11 is 0. The van der Waals surface area contributed by atoms with Crippen molar-refractivity contribution in [3.63, 3.8) is 0 Å². The maximum atomic E-state index is 11.0. The molecular weight excluding hydrogens is 340 g/mol. The average Bonchev–Trinajstić information content (AvgIpc) is 3.02. The molecule has 1 aliphatic rings. The van der Waals surface area contributed by atoms with E-state index in [1.807, 2.05) is 18.3 Å². The molecule has 1 amide bonds. The fraction of sp³-hybridized carbons (Fsp3) is 0.500. The molecule has 5 atom stereocenters. The summed E-state index contributed by atoms with van der Waals surface area (Å²) in [4.78, 5) is 14.1. The van der Waals surface area contributed by atoms with Crippen LogP contribution in [0.2, 0.25) is 0 Å². The maximum Gasteiger partial charge on any atom is 0.229 e. The Kier molecular flexibility index (Phi) is 5.47. The van der Waals surface area contributed by atoms with Crippen molar-refractivity contribution in [3.05, 3.63) is 30.0 Å². The smallest absolute Gasteiger partial charge is 0.229 e. The van der Waals surface area contributed by atoms with Crippen molar-refractivity contribution in [2.24, 2.45) is 0 Å². The van der Waals surface area contributed by atoms with Crippen LogP contribution in [0, 0.1) is 0 Å². The monoisotopic (exact) mass is 364 g/mol. The van der Waals surface area contributed by atoms with Crippen molar-refractivity contribution >= 4 is 16.8 Å². The lowest BCUT2D eigenvalue weighted by Crippen LogP contribution is -2.58. The molecule has 3 rings (SSSR count). The third kappa shape index (κ3) is 3.68. The number of nitrogens with one attached hydrogen (secondary N) is 2. The zero-order valence-corrected chi connectivity index (χ0v) is 14.7. The highest BCUT2D eigenvalue weighted by molar-refractivity contribution is 5.88. The zero-order valence-electron chi connectivity index (χ0n) is 14.7. The van der Waals surface area contributed by atoms with Crippen LogP contribution in [0.15, 0.2) is 24.4 Å². The van der Waals surface area contributed by atoms with E-state index in [0.29, 0.717) is 18.7 Å². The lowest BCUT2D eigenvalue weighted by atomic mass is 10.00. The number of aromatic amines is 1. The Morgan fingerprint density at radius 2 is 2.04 bits per heavy atom. The first kappa shape index (κ1) is 18.7. The highest BCUT2D eigenvalue weighted by Crippen LogP contribution is 2.30. The van der Waals surface area contributed by atoms with Gasteiger partial charge in [-0.3, -0.25) is 4.79 Å². The molecular formula is C18H24N2O6. The minimum Gasteiger partial charge on any atom is -0.460 e. The van der Waals surface area contributed by atoms with Crippen LogP contribution >= 0.6 is 0 Å². The van der Waals surface area contributed by atoms with Crippen molar-refractivity contribution in [1.29, 1.82) is 0 Å². The van der Waals surface area contributed by atoms with E-state index in [-0.39, 0.29) is 5.91 Å². The predicted molar refractivity (Wildman–Crippen MR) is 93.7 cm³/mol. The van der Waals surface area contributed by atoms with Crippen LogP contribution in [0.1, 0.15) is 19.4 Å². The number of amides is 1. The molecule has 8 heteroatoms. The van der Waals surface area contributed by atoms with E-state index < -0.39 is 30.7 Å². The Morgan fingerprint density at radius 1 is 1.27 bits per heavy atom. The Balaban J connectivity index is 1.78. The summed E-state index contributed by atoms with van der Waals surface area (Å²) in [5, 5.41) is 33.5. The van der Waals surface area contributed by atoms with Gasteiger partial charge in [0.1, 0.15) is 24.1 Å². The number of hydrogen-bond acceptors (Lipinski definition) is 6. The van der Waals surface area contributed by atoms with Crippen LogP contribution in [0.3, 0.4) is 0 Å². The molecule has 1 aliphatic heterocycles. The Bertz CT molecular complexity index is 776. The zero-order chi connectivity index (χ0) is 18.8. The van der Waals surface area contributed by atoms with E-state index in [1.165, 1.54) is 6.92 Å². The molecule has 26 heavy (non-hydrogen) atoms. The summed E-state index contributed by atoms with van der Waals surface area (Å²) in [5.41, 5.74) is 1.75. The number of benzene rings is 1. The summed E-state index contributed by atoms with van der Waals surface area (Å²) in [7, 11) is 0. The summed E-state index contributed by atoms with van der Waals surface area (Å²) in [5.74, 6) is 0.389. The molecule has 0 aliphatic carbocycles. The van der Waals surface area contributed by atoms with E-state index in [2.05, 4.69) is 10.3 Å². The number of para-hydroxylation sites is 1. The first-order valence-corrected chi connectivity index (χ1v) is 8.58. The predicted octanol–water partition coefficient (Wildman–Crippen LogP) is 0.0528. The van der Waals surface area contributed by atoms with Gasteiger partial charge in [-0.25, -0.2) is 0 Å². The van der Waals surface area contributed by atoms with Crippen LogP contribution in [0.4, 0.5) is 0 Å². The molecule has 1 saturated heterocycles. The molecule has 8 nitrogen and oxygen atoms in total. The molecule has 0 spiro atoms. The van der Waals surface area contributed by atoms with Gasteiger partial charge >= 0.3 is 0 Å². The quantitative estimate of drug-likeness (QED) is 0.511. The Labute approximate surface area is 150 Å². The fourth-order valence-electron chi connectivity index (χ4n) is 3.10. The Hall–Kier alpha value is -2.13. The van der Waals surface area contributed by atoms with Crippen LogP contribution < -0.4 is 10.1 Å². The average molecular weight is 364 g/mol. The normalized spacial score (nSPS) is 28.9. The van der Waals surface area contributed by atoms with Crippen LogP contribution in [-0.4, -0.2) is 63.5 Å². The number of aliphatic hydroxyl groups excluding tert-OH is 3. The van der Waals surface area contributed by atoms with E-state index in [1.54, 1.807) is 13.0 Å². The van der Waals surface area contributed by atoms with E-state index in [9.17, 15) is 20.1 Å². The summed E-state index contributed by atoms with van der Waals surface area (Å²) < 4.78 is 11.3. The van der Waals surface area contributed by atoms with Crippen molar-refractivity contribution in [3.8, 4) is 5.75 Å².